The average molecular weight is 781 g/mol. The van der Waals surface area contributed by atoms with Crippen LogP contribution in [-0.4, -0.2) is 4.57 Å². The summed E-state index contributed by atoms with van der Waals surface area (Å²) in [5.41, 5.74) is 11.9. The van der Waals surface area contributed by atoms with Crippen molar-refractivity contribution in [2.24, 2.45) is 0 Å². The fraction of sp³-hybridized carbons (Fsp3) is 0. The van der Waals surface area contributed by atoms with Gasteiger partial charge in [-0.15, -0.1) is 11.3 Å². The standard InChI is InChI=1S/C54H34F2N2S/c55-40-24-28-47-48-29-25-41(56)34-52(48)58(51(47)33-40)45-17-8-14-39(32-45)38-13-7-16-44(31-38)57(43-15-6-12-37(30-43)35-10-2-1-3-11-35)42-26-22-36(23-27-42)46-19-9-20-50-49-18-4-5-21-53(49)59-54(46)50/h1-34H. The summed E-state index contributed by atoms with van der Waals surface area (Å²) in [6.07, 6.45) is 0. The summed E-state index contributed by atoms with van der Waals surface area (Å²) in [6, 6.07) is 69.5. The van der Waals surface area contributed by atoms with Crippen molar-refractivity contribution < 1.29 is 8.78 Å². The van der Waals surface area contributed by atoms with Crippen molar-refractivity contribution in [3.05, 3.63) is 218 Å². The van der Waals surface area contributed by atoms with Crippen molar-refractivity contribution in [3.63, 3.8) is 0 Å². The highest BCUT2D eigenvalue weighted by molar-refractivity contribution is 7.26. The van der Waals surface area contributed by atoms with E-state index in [1.807, 2.05) is 34.1 Å². The van der Waals surface area contributed by atoms with Crippen LogP contribution in [0.25, 0.3) is 81.0 Å². The normalized spacial score (nSPS) is 11.6. The zero-order chi connectivity index (χ0) is 39.5. The van der Waals surface area contributed by atoms with E-state index in [0.29, 0.717) is 11.0 Å². The van der Waals surface area contributed by atoms with E-state index in [0.717, 1.165) is 55.8 Å². The maximum absolute atomic E-state index is 14.7. The lowest BCUT2D eigenvalue weighted by atomic mass is 10.0. The zero-order valence-corrected chi connectivity index (χ0v) is 32.5. The highest BCUT2D eigenvalue weighted by atomic mass is 32.1. The molecule has 2 heterocycles. The van der Waals surface area contributed by atoms with Crippen molar-refractivity contribution in [1.82, 2.24) is 4.57 Å². The lowest BCUT2D eigenvalue weighted by Crippen LogP contribution is -2.10. The molecule has 0 amide bonds. The Hall–Kier alpha value is -7.34. The Kier molecular flexibility index (Phi) is 8.42. The first-order chi connectivity index (χ1) is 29.1. The van der Waals surface area contributed by atoms with E-state index in [1.165, 1.54) is 55.6 Å². The van der Waals surface area contributed by atoms with Crippen LogP contribution in [0.3, 0.4) is 0 Å². The minimum atomic E-state index is -0.340. The molecule has 0 saturated heterocycles. The van der Waals surface area contributed by atoms with E-state index < -0.39 is 0 Å². The van der Waals surface area contributed by atoms with Gasteiger partial charge in [-0.25, -0.2) is 8.78 Å². The van der Waals surface area contributed by atoms with Gasteiger partial charge in [0.2, 0.25) is 0 Å². The summed E-state index contributed by atoms with van der Waals surface area (Å²) in [7, 11) is 0. The molecule has 11 rings (SSSR count). The van der Waals surface area contributed by atoms with Gasteiger partial charge in [-0.3, -0.25) is 0 Å². The molecule has 11 aromatic rings. The van der Waals surface area contributed by atoms with Crippen LogP contribution in [0.2, 0.25) is 0 Å². The van der Waals surface area contributed by atoms with E-state index in [4.69, 9.17) is 0 Å². The Morgan fingerprint density at radius 2 is 0.932 bits per heavy atom. The number of anilines is 3. The van der Waals surface area contributed by atoms with Gasteiger partial charge in [0.1, 0.15) is 11.6 Å². The van der Waals surface area contributed by atoms with Crippen molar-refractivity contribution in [1.29, 1.82) is 0 Å². The molecule has 0 aliphatic rings. The predicted octanol–water partition coefficient (Wildman–Crippen LogP) is 15.9. The van der Waals surface area contributed by atoms with Crippen LogP contribution >= 0.6 is 11.3 Å². The molecule has 0 aliphatic heterocycles. The quantitative estimate of drug-likeness (QED) is 0.156. The van der Waals surface area contributed by atoms with Crippen LogP contribution in [0.5, 0.6) is 0 Å². The Bertz CT molecular complexity index is 3310. The first-order valence-electron chi connectivity index (χ1n) is 19.6. The third-order valence-corrected chi connectivity index (χ3v) is 12.5. The third kappa shape index (κ3) is 6.15. The summed E-state index contributed by atoms with van der Waals surface area (Å²) in [5, 5.41) is 4.31. The molecule has 2 nitrogen and oxygen atoms in total. The van der Waals surface area contributed by atoms with Crippen LogP contribution in [0.1, 0.15) is 0 Å². The smallest absolute Gasteiger partial charge is 0.125 e. The van der Waals surface area contributed by atoms with E-state index >= 15 is 0 Å². The molecule has 0 unspecified atom stereocenters. The number of halogens is 2. The molecule has 0 saturated carbocycles. The summed E-state index contributed by atoms with van der Waals surface area (Å²) in [5.74, 6) is -0.681. The van der Waals surface area contributed by atoms with Gasteiger partial charge in [0.15, 0.2) is 0 Å². The highest BCUT2D eigenvalue weighted by Crippen LogP contribution is 2.43. The number of nitrogens with zero attached hydrogens (tertiary/aromatic N) is 2. The number of hydrogen-bond donors (Lipinski definition) is 0. The molecule has 0 aliphatic carbocycles. The van der Waals surface area contributed by atoms with Gasteiger partial charge in [0.25, 0.3) is 0 Å². The van der Waals surface area contributed by atoms with Crippen LogP contribution in [0, 0.1) is 11.6 Å². The second kappa shape index (κ2) is 14.2. The monoisotopic (exact) mass is 780 g/mol. The van der Waals surface area contributed by atoms with Gasteiger partial charge in [0, 0.05) is 53.7 Å². The molecule has 0 fully saturated rings. The van der Waals surface area contributed by atoms with Gasteiger partial charge in [-0.2, -0.15) is 0 Å². The summed E-state index contributed by atoms with van der Waals surface area (Å²) in [6.45, 7) is 0. The largest absolute Gasteiger partial charge is 0.310 e. The average Bonchev–Trinajstić information content (AvgIpc) is 3.82. The Morgan fingerprint density at radius 3 is 1.63 bits per heavy atom. The molecule has 2 aromatic heterocycles. The van der Waals surface area contributed by atoms with Crippen LogP contribution in [-0.2, 0) is 0 Å². The lowest BCUT2D eigenvalue weighted by molar-refractivity contribution is 0.629. The molecule has 280 valence electrons. The Morgan fingerprint density at radius 1 is 0.373 bits per heavy atom. The van der Waals surface area contributed by atoms with Gasteiger partial charge >= 0.3 is 0 Å². The lowest BCUT2D eigenvalue weighted by Gasteiger charge is -2.27. The minimum absolute atomic E-state index is 0.340. The van der Waals surface area contributed by atoms with Crippen LogP contribution in [0.15, 0.2) is 206 Å². The number of fused-ring (bicyclic) bond motifs is 6. The fourth-order valence-electron chi connectivity index (χ4n) is 8.56. The van der Waals surface area contributed by atoms with Crippen LogP contribution < -0.4 is 4.90 Å². The summed E-state index contributed by atoms with van der Waals surface area (Å²) >= 11 is 1.84. The van der Waals surface area contributed by atoms with Gasteiger partial charge < -0.3 is 9.47 Å². The summed E-state index contributed by atoms with van der Waals surface area (Å²) < 4.78 is 34.0. The van der Waals surface area contributed by atoms with E-state index in [2.05, 4.69) is 157 Å². The van der Waals surface area contributed by atoms with Crippen molar-refractivity contribution >= 4 is 70.4 Å². The number of benzene rings is 9. The number of aromatic nitrogens is 1. The molecule has 0 bridgehead atoms. The fourth-order valence-corrected chi connectivity index (χ4v) is 9.80. The maximum atomic E-state index is 14.7. The Labute approximate surface area is 344 Å². The number of rotatable bonds is 7. The topological polar surface area (TPSA) is 8.17 Å². The first-order valence-corrected chi connectivity index (χ1v) is 20.4. The minimum Gasteiger partial charge on any atom is -0.310 e. The van der Waals surface area contributed by atoms with Crippen molar-refractivity contribution in [2.45, 2.75) is 0 Å². The van der Waals surface area contributed by atoms with Gasteiger partial charge in [-0.1, -0.05) is 115 Å². The van der Waals surface area contributed by atoms with Gasteiger partial charge in [0.05, 0.1) is 11.0 Å². The molecular formula is C54H34F2N2S. The second-order valence-electron chi connectivity index (χ2n) is 14.8. The molecule has 5 heteroatoms. The first kappa shape index (κ1) is 34.9. The molecular weight excluding hydrogens is 747 g/mol. The predicted molar refractivity (Wildman–Crippen MR) is 245 cm³/mol. The summed E-state index contributed by atoms with van der Waals surface area (Å²) in [4.78, 5) is 2.31. The zero-order valence-electron chi connectivity index (χ0n) is 31.7. The molecule has 0 radical (unpaired) electrons. The molecule has 0 atom stereocenters. The van der Waals surface area contributed by atoms with Crippen molar-refractivity contribution in [3.8, 4) is 39.1 Å². The van der Waals surface area contributed by atoms with E-state index in [-0.39, 0.29) is 11.6 Å². The number of thiophene rings is 1. The molecule has 59 heavy (non-hydrogen) atoms. The number of hydrogen-bond acceptors (Lipinski definition) is 2. The van der Waals surface area contributed by atoms with E-state index in [9.17, 15) is 8.78 Å². The SMILES string of the molecule is Fc1ccc2c3ccc(F)cc3n(-c3cccc(-c4cccc(N(c5ccc(-c6cccc7c6sc6ccccc67)cc5)c5cccc(-c6ccccc6)c5)c4)c3)c2c1. The molecule has 0 N–H and O–H groups in total. The van der Waals surface area contributed by atoms with E-state index in [1.54, 1.807) is 12.1 Å². The van der Waals surface area contributed by atoms with Crippen molar-refractivity contribution in [2.75, 3.05) is 4.90 Å². The molecule has 0 spiro atoms. The Balaban J connectivity index is 1.03. The van der Waals surface area contributed by atoms with Crippen LogP contribution in [0.4, 0.5) is 25.8 Å². The van der Waals surface area contributed by atoms with Gasteiger partial charge in [-0.05, 0) is 124 Å². The highest BCUT2D eigenvalue weighted by Gasteiger charge is 2.18. The molecule has 9 aromatic carbocycles. The maximum Gasteiger partial charge on any atom is 0.125 e. The third-order valence-electron chi connectivity index (χ3n) is 11.3. The second-order valence-corrected chi connectivity index (χ2v) is 15.9.